The Morgan fingerprint density at radius 1 is 1.23 bits per heavy atom. The van der Waals surface area contributed by atoms with Gasteiger partial charge in [-0.25, -0.2) is 0 Å². The van der Waals surface area contributed by atoms with E-state index >= 15 is 0 Å². The van der Waals surface area contributed by atoms with Gasteiger partial charge < -0.3 is 14.6 Å². The summed E-state index contributed by atoms with van der Waals surface area (Å²) < 4.78 is 5.20. The van der Waals surface area contributed by atoms with Gasteiger partial charge in [-0.2, -0.15) is 0 Å². The standard InChI is InChI=1S/C19H19N3O4/c1-12(13-5-4-6-15(9-13)22(24)25)21(2)19(23)18-10-14-7-8-16(26-3)11-17(14)20-18/h4-12,20H,1-3H3/t12-/m1/s1. The average molecular weight is 353 g/mol. The number of benzene rings is 2. The molecule has 0 fully saturated rings. The number of amides is 1. The molecule has 2 aromatic carbocycles. The van der Waals surface area contributed by atoms with Crippen LogP contribution in [0.1, 0.15) is 29.0 Å². The van der Waals surface area contributed by atoms with Crippen LogP contribution in [-0.4, -0.2) is 34.9 Å². The number of hydrogen-bond acceptors (Lipinski definition) is 4. The first-order valence-electron chi connectivity index (χ1n) is 8.09. The molecule has 1 aromatic heterocycles. The Balaban J connectivity index is 1.87. The molecule has 0 bridgehead atoms. The molecule has 1 atom stereocenters. The number of nitro benzene ring substituents is 1. The zero-order chi connectivity index (χ0) is 18.8. The van der Waals surface area contributed by atoms with Gasteiger partial charge in [-0.1, -0.05) is 12.1 Å². The zero-order valence-corrected chi connectivity index (χ0v) is 14.7. The van der Waals surface area contributed by atoms with Crippen molar-refractivity contribution >= 4 is 22.5 Å². The van der Waals surface area contributed by atoms with E-state index in [1.165, 1.54) is 12.1 Å². The maximum atomic E-state index is 12.8. The Hall–Kier alpha value is -3.35. The Bertz CT molecular complexity index is 980. The molecule has 134 valence electrons. The smallest absolute Gasteiger partial charge is 0.270 e. The van der Waals surface area contributed by atoms with Gasteiger partial charge in [0.25, 0.3) is 11.6 Å². The predicted octanol–water partition coefficient (Wildman–Crippen LogP) is 3.92. The summed E-state index contributed by atoms with van der Waals surface area (Å²) in [7, 11) is 3.27. The van der Waals surface area contributed by atoms with Crippen LogP contribution in [0.4, 0.5) is 5.69 Å². The molecule has 0 aliphatic rings. The third-order valence-corrected chi connectivity index (χ3v) is 4.52. The topological polar surface area (TPSA) is 88.5 Å². The highest BCUT2D eigenvalue weighted by Crippen LogP contribution is 2.26. The molecule has 0 unspecified atom stereocenters. The van der Waals surface area contributed by atoms with E-state index in [9.17, 15) is 14.9 Å². The van der Waals surface area contributed by atoms with E-state index < -0.39 is 4.92 Å². The summed E-state index contributed by atoms with van der Waals surface area (Å²) in [5.41, 5.74) is 1.97. The van der Waals surface area contributed by atoms with Crippen molar-refractivity contribution in [2.45, 2.75) is 13.0 Å². The van der Waals surface area contributed by atoms with Crippen LogP contribution in [-0.2, 0) is 0 Å². The number of fused-ring (bicyclic) bond motifs is 1. The third kappa shape index (κ3) is 3.23. The molecule has 1 N–H and O–H groups in total. The van der Waals surface area contributed by atoms with Gasteiger partial charge in [0.2, 0.25) is 0 Å². The number of rotatable bonds is 5. The number of nitrogens with zero attached hydrogens (tertiary/aromatic N) is 2. The molecule has 0 spiro atoms. The summed E-state index contributed by atoms with van der Waals surface area (Å²) in [6.07, 6.45) is 0. The second-order valence-corrected chi connectivity index (χ2v) is 6.08. The number of H-pyrrole nitrogens is 1. The lowest BCUT2D eigenvalue weighted by atomic mass is 10.1. The lowest BCUT2D eigenvalue weighted by Crippen LogP contribution is -2.29. The van der Waals surface area contributed by atoms with Crippen molar-refractivity contribution in [3.05, 3.63) is 69.9 Å². The zero-order valence-electron chi connectivity index (χ0n) is 14.7. The molecule has 7 nitrogen and oxygen atoms in total. The first-order chi connectivity index (χ1) is 12.4. The minimum Gasteiger partial charge on any atom is -0.497 e. The third-order valence-electron chi connectivity index (χ3n) is 4.52. The van der Waals surface area contributed by atoms with Crippen molar-refractivity contribution in [3.63, 3.8) is 0 Å². The first-order valence-corrected chi connectivity index (χ1v) is 8.09. The van der Waals surface area contributed by atoms with Crippen molar-refractivity contribution in [1.29, 1.82) is 0 Å². The summed E-state index contributed by atoms with van der Waals surface area (Å²) in [5, 5.41) is 11.9. The van der Waals surface area contributed by atoms with Crippen molar-refractivity contribution < 1.29 is 14.5 Å². The minimum atomic E-state index is -0.441. The number of ether oxygens (including phenoxy) is 1. The fourth-order valence-electron chi connectivity index (χ4n) is 2.84. The molecule has 3 aromatic rings. The highest BCUT2D eigenvalue weighted by molar-refractivity contribution is 5.98. The Morgan fingerprint density at radius 3 is 2.69 bits per heavy atom. The highest BCUT2D eigenvalue weighted by atomic mass is 16.6. The molecule has 0 aliphatic heterocycles. The van der Waals surface area contributed by atoms with Gasteiger partial charge in [0.05, 0.1) is 18.1 Å². The molecule has 1 heterocycles. The Morgan fingerprint density at radius 2 is 2.00 bits per heavy atom. The van der Waals surface area contributed by atoms with Crippen LogP contribution < -0.4 is 4.74 Å². The number of carbonyl (C=O) groups excluding carboxylic acids is 1. The van der Waals surface area contributed by atoms with Gasteiger partial charge in [0.15, 0.2) is 0 Å². The fraction of sp³-hybridized carbons (Fsp3) is 0.211. The molecular formula is C19H19N3O4. The molecule has 3 rings (SSSR count). The average Bonchev–Trinajstić information content (AvgIpc) is 3.09. The van der Waals surface area contributed by atoms with Gasteiger partial charge >= 0.3 is 0 Å². The molecule has 0 saturated carbocycles. The monoisotopic (exact) mass is 353 g/mol. The number of nitrogens with one attached hydrogen (secondary N) is 1. The molecule has 0 saturated heterocycles. The first kappa shape index (κ1) is 17.5. The maximum Gasteiger partial charge on any atom is 0.270 e. The summed E-state index contributed by atoms with van der Waals surface area (Å²) >= 11 is 0. The number of hydrogen-bond donors (Lipinski definition) is 1. The quantitative estimate of drug-likeness (QED) is 0.556. The lowest BCUT2D eigenvalue weighted by molar-refractivity contribution is -0.384. The number of methoxy groups -OCH3 is 1. The van der Waals surface area contributed by atoms with E-state index in [4.69, 9.17) is 4.74 Å². The summed E-state index contributed by atoms with van der Waals surface area (Å²) in [5.74, 6) is 0.510. The van der Waals surface area contributed by atoms with Gasteiger partial charge in [0, 0.05) is 36.1 Å². The van der Waals surface area contributed by atoms with E-state index in [0.29, 0.717) is 17.0 Å². The van der Waals surface area contributed by atoms with Crippen molar-refractivity contribution in [2.24, 2.45) is 0 Å². The summed E-state index contributed by atoms with van der Waals surface area (Å²) in [6, 6.07) is 13.3. The van der Waals surface area contributed by atoms with Crippen LogP contribution in [0.25, 0.3) is 10.9 Å². The van der Waals surface area contributed by atoms with E-state index in [2.05, 4.69) is 4.98 Å². The van der Waals surface area contributed by atoms with E-state index in [0.717, 1.165) is 10.9 Å². The number of non-ortho nitro benzene ring substituents is 1. The second-order valence-electron chi connectivity index (χ2n) is 6.08. The maximum absolute atomic E-state index is 12.8. The molecule has 0 aliphatic carbocycles. The molecule has 1 amide bonds. The van der Waals surface area contributed by atoms with Crippen molar-refractivity contribution in [1.82, 2.24) is 9.88 Å². The van der Waals surface area contributed by atoms with Crippen LogP contribution in [0.3, 0.4) is 0 Å². The fourth-order valence-corrected chi connectivity index (χ4v) is 2.84. The second kappa shape index (κ2) is 6.87. The normalized spacial score (nSPS) is 12.0. The van der Waals surface area contributed by atoms with E-state index in [1.54, 1.807) is 37.3 Å². The molecule has 7 heteroatoms. The van der Waals surface area contributed by atoms with Crippen molar-refractivity contribution in [3.8, 4) is 5.75 Å². The van der Waals surface area contributed by atoms with Gasteiger partial charge in [-0.3, -0.25) is 14.9 Å². The van der Waals surface area contributed by atoms with Crippen molar-refractivity contribution in [2.75, 3.05) is 14.2 Å². The number of carbonyl (C=O) groups is 1. The Kier molecular flexibility index (Phi) is 4.62. The number of nitro groups is 1. The number of aromatic amines is 1. The molecule has 26 heavy (non-hydrogen) atoms. The summed E-state index contributed by atoms with van der Waals surface area (Å²) in [6.45, 7) is 1.84. The summed E-state index contributed by atoms with van der Waals surface area (Å²) in [4.78, 5) is 28.0. The molecule has 0 radical (unpaired) electrons. The van der Waals surface area contributed by atoms with E-state index in [-0.39, 0.29) is 17.6 Å². The highest BCUT2D eigenvalue weighted by Gasteiger charge is 2.22. The number of aromatic nitrogens is 1. The SMILES string of the molecule is COc1ccc2cc(C(=O)N(C)[C@H](C)c3cccc([N+](=O)[O-])c3)[nH]c2c1. The Labute approximate surface area is 150 Å². The van der Waals surface area contributed by atoms with Crippen LogP contribution in [0.5, 0.6) is 5.75 Å². The van der Waals surface area contributed by atoms with Gasteiger partial charge in [-0.15, -0.1) is 0 Å². The van der Waals surface area contributed by atoms with Gasteiger partial charge in [0.1, 0.15) is 11.4 Å². The van der Waals surface area contributed by atoms with Gasteiger partial charge in [-0.05, 0) is 30.7 Å². The largest absolute Gasteiger partial charge is 0.497 e. The van der Waals surface area contributed by atoms with E-state index in [1.807, 2.05) is 25.1 Å². The van der Waals surface area contributed by atoms with Crippen LogP contribution in [0.15, 0.2) is 48.5 Å². The minimum absolute atomic E-state index is 0.00732. The van der Waals surface area contributed by atoms with Crippen LogP contribution >= 0.6 is 0 Å². The predicted molar refractivity (Wildman–Crippen MR) is 98.5 cm³/mol. The lowest BCUT2D eigenvalue weighted by Gasteiger charge is -2.24. The van der Waals surface area contributed by atoms with Crippen LogP contribution in [0.2, 0.25) is 0 Å². The van der Waals surface area contributed by atoms with Crippen LogP contribution in [0, 0.1) is 10.1 Å². The molecular weight excluding hydrogens is 334 g/mol.